The first-order valence-electron chi connectivity index (χ1n) is 9.05. The lowest BCUT2D eigenvalue weighted by Crippen LogP contribution is -2.31. The molecule has 1 unspecified atom stereocenters. The fourth-order valence-corrected chi connectivity index (χ4v) is 3.99. The van der Waals surface area contributed by atoms with E-state index >= 15 is 0 Å². The number of nitro benzene ring substituents is 1. The summed E-state index contributed by atoms with van der Waals surface area (Å²) in [6.45, 7) is 1.88. The van der Waals surface area contributed by atoms with Crippen molar-refractivity contribution in [3.63, 3.8) is 0 Å². The van der Waals surface area contributed by atoms with E-state index in [-0.39, 0.29) is 35.2 Å². The third-order valence-electron chi connectivity index (χ3n) is 4.61. The minimum absolute atomic E-state index is 0.00319. The lowest BCUT2D eigenvalue weighted by atomic mass is 9.87. The van der Waals surface area contributed by atoms with E-state index in [1.54, 1.807) is 12.1 Å². The molecule has 0 spiro atoms. The highest BCUT2D eigenvalue weighted by Crippen LogP contribution is 2.36. The predicted molar refractivity (Wildman–Crippen MR) is 114 cm³/mol. The lowest BCUT2D eigenvalue weighted by Gasteiger charge is -2.25. The van der Waals surface area contributed by atoms with Gasteiger partial charge in [-0.25, -0.2) is 0 Å². The number of hydrogen-bond acceptors (Lipinski definition) is 6. The summed E-state index contributed by atoms with van der Waals surface area (Å²) in [5, 5.41) is 26.5. The summed E-state index contributed by atoms with van der Waals surface area (Å²) in [6, 6.07) is 15.4. The lowest BCUT2D eigenvalue weighted by molar-refractivity contribution is -0.384. The van der Waals surface area contributed by atoms with Gasteiger partial charge in [0.05, 0.1) is 27.3 Å². The Balaban J connectivity index is 1.80. The molecule has 0 bridgehead atoms. The largest absolute Gasteiger partial charge is 0.325 e. The molecular formula is C21H18N4O4S. The summed E-state index contributed by atoms with van der Waals surface area (Å²) < 4.78 is 0. The van der Waals surface area contributed by atoms with E-state index in [9.17, 15) is 25.0 Å². The summed E-state index contributed by atoms with van der Waals surface area (Å²) in [4.78, 5) is 35.1. The molecule has 2 N–H and O–H groups in total. The molecule has 0 radical (unpaired) electrons. The number of para-hydroxylation sites is 1. The van der Waals surface area contributed by atoms with Gasteiger partial charge in [-0.3, -0.25) is 19.7 Å². The normalized spacial score (nSPS) is 15.9. The maximum Gasteiger partial charge on any atom is 0.269 e. The number of benzene rings is 2. The van der Waals surface area contributed by atoms with E-state index < -0.39 is 10.8 Å². The van der Waals surface area contributed by atoms with E-state index in [0.717, 1.165) is 17.3 Å². The molecule has 0 aliphatic carbocycles. The van der Waals surface area contributed by atoms with Gasteiger partial charge in [-0.15, -0.1) is 0 Å². The van der Waals surface area contributed by atoms with Crippen molar-refractivity contribution in [3.05, 3.63) is 80.4 Å². The van der Waals surface area contributed by atoms with Gasteiger partial charge in [0.25, 0.3) is 5.69 Å². The molecule has 9 heteroatoms. The minimum Gasteiger partial charge on any atom is -0.325 e. The van der Waals surface area contributed by atoms with Crippen LogP contribution in [0.2, 0.25) is 0 Å². The summed E-state index contributed by atoms with van der Waals surface area (Å²) in [7, 11) is 0. The molecule has 2 aromatic carbocycles. The minimum atomic E-state index is -0.606. The van der Waals surface area contributed by atoms with E-state index in [0.29, 0.717) is 16.3 Å². The van der Waals surface area contributed by atoms with Crippen molar-refractivity contribution in [2.24, 2.45) is 0 Å². The number of hydrogen-bond donors (Lipinski definition) is 2. The van der Waals surface area contributed by atoms with Crippen molar-refractivity contribution < 1.29 is 14.5 Å². The summed E-state index contributed by atoms with van der Waals surface area (Å²) in [5.74, 6) is -1.19. The number of nitro groups is 1. The fourth-order valence-electron chi connectivity index (χ4n) is 3.11. The van der Waals surface area contributed by atoms with Crippen LogP contribution in [-0.4, -0.2) is 22.5 Å². The first-order chi connectivity index (χ1) is 14.4. The second-order valence-corrected chi connectivity index (χ2v) is 7.65. The molecule has 0 fully saturated rings. The van der Waals surface area contributed by atoms with E-state index in [1.807, 2.05) is 25.1 Å². The molecule has 30 heavy (non-hydrogen) atoms. The zero-order chi connectivity index (χ0) is 21.7. The van der Waals surface area contributed by atoms with Crippen molar-refractivity contribution in [2.45, 2.75) is 19.3 Å². The standard InChI is InChI=1S/C21H18N4O4S/c1-13-5-2-3-8-18(13)23-20(27)12-30-21-17(11-22)16(10-19(26)24-21)14-6-4-7-15(9-14)25(28)29/h2-9,16H,10,12H2,1H3,(H,23,27)(H,24,26). The molecule has 2 aromatic rings. The third kappa shape index (κ3) is 4.85. The van der Waals surface area contributed by atoms with Gasteiger partial charge in [0.15, 0.2) is 0 Å². The molecule has 0 saturated carbocycles. The molecule has 1 aliphatic rings. The van der Waals surface area contributed by atoms with Gasteiger partial charge in [-0.2, -0.15) is 5.26 Å². The predicted octanol–water partition coefficient (Wildman–Crippen LogP) is 3.61. The van der Waals surface area contributed by atoms with Crippen LogP contribution in [0.25, 0.3) is 0 Å². The van der Waals surface area contributed by atoms with Crippen molar-refractivity contribution >= 4 is 35.0 Å². The first kappa shape index (κ1) is 21.1. The molecule has 3 rings (SSSR count). The third-order valence-corrected chi connectivity index (χ3v) is 5.62. The van der Waals surface area contributed by atoms with Crippen LogP contribution in [-0.2, 0) is 9.59 Å². The number of allylic oxidation sites excluding steroid dienone is 1. The molecule has 1 atom stereocenters. The van der Waals surface area contributed by atoms with Gasteiger partial charge in [-0.1, -0.05) is 42.1 Å². The number of thioether (sulfide) groups is 1. The Kier molecular flexibility index (Phi) is 6.49. The fraction of sp³-hybridized carbons (Fsp3) is 0.190. The van der Waals surface area contributed by atoms with Crippen LogP contribution in [0.1, 0.15) is 23.5 Å². The van der Waals surface area contributed by atoms with Gasteiger partial charge in [-0.05, 0) is 24.1 Å². The second-order valence-electron chi connectivity index (χ2n) is 6.66. The van der Waals surface area contributed by atoms with Crippen LogP contribution in [0, 0.1) is 28.4 Å². The molecule has 1 heterocycles. The number of nitrogens with one attached hydrogen (secondary N) is 2. The number of rotatable bonds is 6. The van der Waals surface area contributed by atoms with Crippen LogP contribution in [0.5, 0.6) is 0 Å². The number of carbonyl (C=O) groups excluding carboxylic acids is 2. The number of nitrogens with zero attached hydrogens (tertiary/aromatic N) is 2. The quantitative estimate of drug-likeness (QED) is 0.541. The number of nitriles is 1. The number of amides is 2. The maximum absolute atomic E-state index is 12.3. The Bertz CT molecular complexity index is 1090. The van der Waals surface area contributed by atoms with Crippen molar-refractivity contribution in [1.29, 1.82) is 5.26 Å². The van der Waals surface area contributed by atoms with Gasteiger partial charge >= 0.3 is 0 Å². The van der Waals surface area contributed by atoms with Crippen molar-refractivity contribution in [3.8, 4) is 6.07 Å². The summed E-state index contributed by atoms with van der Waals surface area (Å²) >= 11 is 1.06. The van der Waals surface area contributed by atoms with Crippen LogP contribution >= 0.6 is 11.8 Å². The molecule has 2 amide bonds. The zero-order valence-electron chi connectivity index (χ0n) is 16.0. The van der Waals surface area contributed by atoms with E-state index in [4.69, 9.17) is 0 Å². The second kappa shape index (κ2) is 9.24. The Morgan fingerprint density at radius 2 is 2.10 bits per heavy atom. The van der Waals surface area contributed by atoms with Crippen LogP contribution in [0.3, 0.4) is 0 Å². The van der Waals surface area contributed by atoms with Gasteiger partial charge < -0.3 is 10.6 Å². The molecule has 0 aromatic heterocycles. The Morgan fingerprint density at radius 3 is 2.80 bits per heavy atom. The van der Waals surface area contributed by atoms with Crippen molar-refractivity contribution in [2.75, 3.05) is 11.1 Å². The Morgan fingerprint density at radius 1 is 1.33 bits per heavy atom. The number of anilines is 1. The van der Waals surface area contributed by atoms with Crippen LogP contribution in [0.4, 0.5) is 11.4 Å². The van der Waals surface area contributed by atoms with Crippen LogP contribution in [0.15, 0.2) is 59.1 Å². The average molecular weight is 422 g/mol. The highest BCUT2D eigenvalue weighted by Gasteiger charge is 2.30. The first-order valence-corrected chi connectivity index (χ1v) is 10.0. The SMILES string of the molecule is Cc1ccccc1NC(=O)CSC1=C(C#N)C(c2cccc([N+](=O)[O-])c2)CC(=O)N1. The smallest absolute Gasteiger partial charge is 0.269 e. The molecule has 8 nitrogen and oxygen atoms in total. The van der Waals surface area contributed by atoms with Crippen molar-refractivity contribution in [1.82, 2.24) is 5.32 Å². The molecule has 1 aliphatic heterocycles. The Labute approximate surface area is 177 Å². The number of aryl methyl sites for hydroxylation is 1. The summed E-state index contributed by atoms with van der Waals surface area (Å²) in [5.41, 5.74) is 2.30. The van der Waals surface area contributed by atoms with Gasteiger partial charge in [0.2, 0.25) is 11.8 Å². The average Bonchev–Trinajstić information content (AvgIpc) is 2.73. The zero-order valence-corrected chi connectivity index (χ0v) is 16.9. The molecular weight excluding hydrogens is 404 g/mol. The summed E-state index contributed by atoms with van der Waals surface area (Å²) in [6.07, 6.45) is 0.00350. The Hall–Kier alpha value is -3.64. The molecule has 0 saturated heterocycles. The number of carbonyl (C=O) groups is 2. The van der Waals surface area contributed by atoms with Gasteiger partial charge in [0.1, 0.15) is 0 Å². The topological polar surface area (TPSA) is 125 Å². The monoisotopic (exact) mass is 422 g/mol. The van der Waals surface area contributed by atoms with E-state index in [1.165, 1.54) is 18.2 Å². The highest BCUT2D eigenvalue weighted by molar-refractivity contribution is 8.03. The highest BCUT2D eigenvalue weighted by atomic mass is 32.2. The number of non-ortho nitro benzene ring substituents is 1. The van der Waals surface area contributed by atoms with Gasteiger partial charge in [0, 0.05) is 30.2 Å². The van der Waals surface area contributed by atoms with Crippen LogP contribution < -0.4 is 10.6 Å². The van der Waals surface area contributed by atoms with E-state index in [2.05, 4.69) is 16.7 Å². The molecule has 152 valence electrons. The maximum atomic E-state index is 12.3.